The number of hydrogen-bond acceptors (Lipinski definition) is 3. The highest BCUT2D eigenvalue weighted by Gasteiger charge is 2.42. The second kappa shape index (κ2) is 3.75. The van der Waals surface area contributed by atoms with Gasteiger partial charge >= 0.3 is 0 Å². The van der Waals surface area contributed by atoms with Crippen molar-refractivity contribution in [3.8, 4) is 11.5 Å². The zero-order valence-corrected chi connectivity index (χ0v) is 9.89. The quantitative estimate of drug-likeness (QED) is 0.885. The van der Waals surface area contributed by atoms with Gasteiger partial charge in [-0.05, 0) is 12.8 Å². The van der Waals surface area contributed by atoms with Crippen molar-refractivity contribution >= 4 is 11.6 Å². The smallest absolute Gasteiger partial charge is 0.167 e. The van der Waals surface area contributed by atoms with Crippen molar-refractivity contribution in [1.82, 2.24) is 0 Å². The highest BCUT2D eigenvalue weighted by Crippen LogP contribution is 2.45. The maximum atomic E-state index is 14.0. The molecular weight excluding hydrogens is 247 g/mol. The van der Waals surface area contributed by atoms with Crippen LogP contribution in [0.3, 0.4) is 0 Å². The van der Waals surface area contributed by atoms with E-state index in [1.54, 1.807) is 0 Å². The van der Waals surface area contributed by atoms with E-state index in [-0.39, 0.29) is 11.4 Å². The summed E-state index contributed by atoms with van der Waals surface area (Å²) in [6.07, 6.45) is 1.61. The Balaban J connectivity index is 2.06. The summed E-state index contributed by atoms with van der Waals surface area (Å²) in [6, 6.07) is 1.42. The summed E-state index contributed by atoms with van der Waals surface area (Å²) >= 11 is 5.81. The minimum absolute atomic E-state index is 0.00787. The fourth-order valence-electron chi connectivity index (χ4n) is 2.01. The maximum absolute atomic E-state index is 14.0. The molecule has 1 N–H and O–H groups in total. The number of aliphatic hydroxyl groups is 1. The van der Waals surface area contributed by atoms with Crippen LogP contribution in [0.25, 0.3) is 0 Å². The molecule has 0 atom stereocenters. The van der Waals surface area contributed by atoms with E-state index in [1.165, 1.54) is 6.07 Å². The van der Waals surface area contributed by atoms with E-state index in [0.717, 1.165) is 0 Å². The lowest BCUT2D eigenvalue weighted by molar-refractivity contribution is 0.141. The van der Waals surface area contributed by atoms with Crippen LogP contribution in [0.5, 0.6) is 11.5 Å². The van der Waals surface area contributed by atoms with Crippen molar-refractivity contribution in [2.24, 2.45) is 0 Å². The van der Waals surface area contributed by atoms with E-state index >= 15 is 0 Å². The molecule has 1 aromatic rings. The van der Waals surface area contributed by atoms with Crippen molar-refractivity contribution < 1.29 is 19.0 Å². The van der Waals surface area contributed by atoms with Gasteiger partial charge in [-0.15, -0.1) is 0 Å². The second-order valence-electron chi connectivity index (χ2n) is 4.58. The molecule has 0 aromatic heterocycles. The average molecular weight is 259 g/mol. The molecule has 92 valence electrons. The highest BCUT2D eigenvalue weighted by molar-refractivity contribution is 6.31. The molecule has 2 aliphatic rings. The number of rotatable bonds is 2. The Morgan fingerprint density at radius 1 is 1.35 bits per heavy atom. The highest BCUT2D eigenvalue weighted by atomic mass is 35.5. The summed E-state index contributed by atoms with van der Waals surface area (Å²) in [6.45, 7) is 0.818. The van der Waals surface area contributed by atoms with E-state index in [2.05, 4.69) is 0 Å². The molecule has 0 spiro atoms. The fraction of sp³-hybridized carbons (Fsp3) is 0.500. The van der Waals surface area contributed by atoms with Gasteiger partial charge in [0.1, 0.15) is 19.0 Å². The van der Waals surface area contributed by atoms with Crippen molar-refractivity contribution in [2.75, 3.05) is 13.2 Å². The Hall–Kier alpha value is -1.00. The number of halogens is 2. The number of hydrogen-bond donors (Lipinski definition) is 1. The van der Waals surface area contributed by atoms with Crippen LogP contribution in [0.15, 0.2) is 6.07 Å². The molecule has 1 aliphatic carbocycles. The third-order valence-electron chi connectivity index (χ3n) is 3.15. The molecule has 0 radical (unpaired) electrons. The van der Waals surface area contributed by atoms with Gasteiger partial charge in [-0.25, -0.2) is 4.39 Å². The van der Waals surface area contributed by atoms with Crippen molar-refractivity contribution in [3.63, 3.8) is 0 Å². The van der Waals surface area contributed by atoms with Gasteiger partial charge in [0.15, 0.2) is 11.5 Å². The van der Waals surface area contributed by atoms with Gasteiger partial charge in [-0.2, -0.15) is 0 Å². The van der Waals surface area contributed by atoms with Crippen LogP contribution < -0.4 is 9.47 Å². The minimum atomic E-state index is -0.792. The lowest BCUT2D eigenvalue weighted by Crippen LogP contribution is -2.20. The van der Waals surface area contributed by atoms with E-state index in [1.807, 2.05) is 0 Å². The van der Waals surface area contributed by atoms with E-state index in [4.69, 9.17) is 21.1 Å². The first-order chi connectivity index (χ1) is 8.09. The van der Waals surface area contributed by atoms with E-state index in [9.17, 15) is 9.50 Å². The van der Waals surface area contributed by atoms with E-state index in [0.29, 0.717) is 43.1 Å². The number of ether oxygens (including phenoxy) is 2. The van der Waals surface area contributed by atoms with Gasteiger partial charge in [-0.1, -0.05) is 11.6 Å². The topological polar surface area (TPSA) is 38.7 Å². The SMILES string of the molecule is OC1(Cc2c(F)c(Cl)cc3c2OCCO3)CC1. The molecule has 0 amide bonds. The third kappa shape index (κ3) is 1.96. The van der Waals surface area contributed by atoms with Crippen LogP contribution in [0.1, 0.15) is 18.4 Å². The molecule has 1 saturated carbocycles. The molecule has 1 aliphatic heterocycles. The van der Waals surface area contributed by atoms with Crippen molar-refractivity contribution in [1.29, 1.82) is 0 Å². The molecule has 1 heterocycles. The molecular formula is C12H12ClFO3. The van der Waals surface area contributed by atoms with Crippen LogP contribution in [0, 0.1) is 5.82 Å². The molecule has 0 bridgehead atoms. The zero-order valence-electron chi connectivity index (χ0n) is 9.13. The Morgan fingerprint density at radius 3 is 2.76 bits per heavy atom. The molecule has 1 fully saturated rings. The minimum Gasteiger partial charge on any atom is -0.486 e. The number of fused-ring (bicyclic) bond motifs is 1. The molecule has 5 heteroatoms. The second-order valence-corrected chi connectivity index (χ2v) is 4.98. The fourth-order valence-corrected chi connectivity index (χ4v) is 2.22. The maximum Gasteiger partial charge on any atom is 0.167 e. The van der Waals surface area contributed by atoms with Gasteiger partial charge in [0.2, 0.25) is 0 Å². The van der Waals surface area contributed by atoms with Gasteiger partial charge in [0.25, 0.3) is 0 Å². The molecule has 1 aromatic carbocycles. The Kier molecular flexibility index (Phi) is 2.45. The molecule has 0 unspecified atom stereocenters. The van der Waals surface area contributed by atoms with Crippen LogP contribution in [0.2, 0.25) is 5.02 Å². The monoisotopic (exact) mass is 258 g/mol. The average Bonchev–Trinajstić information content (AvgIpc) is 3.03. The third-order valence-corrected chi connectivity index (χ3v) is 3.43. The summed E-state index contributed by atoms with van der Waals surface area (Å²) in [7, 11) is 0. The van der Waals surface area contributed by atoms with Gasteiger partial charge in [0, 0.05) is 18.1 Å². The molecule has 17 heavy (non-hydrogen) atoms. The summed E-state index contributed by atoms with van der Waals surface area (Å²) in [5.41, 5.74) is -0.465. The summed E-state index contributed by atoms with van der Waals surface area (Å²) in [4.78, 5) is 0. The lowest BCUT2D eigenvalue weighted by atomic mass is 10.0. The predicted molar refractivity (Wildman–Crippen MR) is 60.3 cm³/mol. The standard InChI is InChI=1S/C12H12ClFO3/c13-8-5-9-11(17-4-3-16-9)7(10(8)14)6-12(15)1-2-12/h5,15H,1-4,6H2. The first kappa shape index (κ1) is 11.1. The van der Waals surface area contributed by atoms with Crippen molar-refractivity contribution in [3.05, 3.63) is 22.5 Å². The zero-order chi connectivity index (χ0) is 12.0. The van der Waals surface area contributed by atoms with Crippen LogP contribution in [0.4, 0.5) is 4.39 Å². The number of benzene rings is 1. The summed E-state index contributed by atoms with van der Waals surface area (Å²) in [5.74, 6) is 0.330. The van der Waals surface area contributed by atoms with E-state index < -0.39 is 11.4 Å². The van der Waals surface area contributed by atoms with Gasteiger partial charge in [0.05, 0.1) is 10.6 Å². The Bertz CT molecular complexity index is 471. The van der Waals surface area contributed by atoms with Gasteiger partial charge < -0.3 is 14.6 Å². The molecule has 0 saturated heterocycles. The normalized spacial score (nSPS) is 20.2. The summed E-state index contributed by atoms with van der Waals surface area (Å²) in [5, 5.41) is 9.90. The lowest BCUT2D eigenvalue weighted by Gasteiger charge is -2.23. The van der Waals surface area contributed by atoms with Gasteiger partial charge in [-0.3, -0.25) is 0 Å². The molecule has 3 rings (SSSR count). The summed E-state index contributed by atoms with van der Waals surface area (Å²) < 4.78 is 24.8. The van der Waals surface area contributed by atoms with Crippen molar-refractivity contribution in [2.45, 2.75) is 24.9 Å². The molecule has 3 nitrogen and oxygen atoms in total. The Morgan fingerprint density at radius 2 is 2.06 bits per heavy atom. The largest absolute Gasteiger partial charge is 0.486 e. The van der Waals surface area contributed by atoms with Crippen LogP contribution >= 0.6 is 11.6 Å². The van der Waals surface area contributed by atoms with Crippen LogP contribution in [-0.2, 0) is 6.42 Å². The predicted octanol–water partition coefficient (Wildman–Crippen LogP) is 2.32. The van der Waals surface area contributed by atoms with Crippen LogP contribution in [-0.4, -0.2) is 23.9 Å². The first-order valence-electron chi connectivity index (χ1n) is 5.58. The Labute approximate surface area is 103 Å². The first-order valence-corrected chi connectivity index (χ1v) is 5.96.